The topological polar surface area (TPSA) is 18.5 Å². The van der Waals surface area contributed by atoms with Crippen LogP contribution in [0, 0.1) is 0 Å². The molecule has 0 aliphatic rings. The zero-order chi connectivity index (χ0) is 8.20. The molecule has 0 saturated heterocycles. The molecule has 0 aromatic heterocycles. The summed E-state index contributed by atoms with van der Waals surface area (Å²) >= 11 is 6.71. The van der Waals surface area contributed by atoms with Crippen LogP contribution in [0.4, 0.5) is 0 Å². The van der Waals surface area contributed by atoms with Crippen molar-refractivity contribution in [3.8, 4) is 0 Å². The average Bonchev–Trinajstić information content (AvgIpc) is 1.92. The molecule has 0 radical (unpaired) electrons. The highest BCUT2D eigenvalue weighted by Crippen LogP contribution is 2.24. The van der Waals surface area contributed by atoms with Gasteiger partial charge in [-0.1, -0.05) is 31.9 Å². The lowest BCUT2D eigenvalue weighted by Gasteiger charge is -2.31. The number of hydrogen-bond donors (Lipinski definition) is 0. The Kier molecular flexibility index (Phi) is 5.11. The van der Waals surface area contributed by atoms with Gasteiger partial charge < -0.3 is 9.47 Å². The van der Waals surface area contributed by atoms with E-state index in [0.29, 0.717) is 5.33 Å². The summed E-state index contributed by atoms with van der Waals surface area (Å²) in [4.78, 5) is 0.161. The Morgan fingerprint density at radius 3 is 1.80 bits per heavy atom. The second-order valence-corrected chi connectivity index (χ2v) is 3.90. The molecule has 4 heteroatoms. The molecule has 0 aromatic rings. The predicted molar refractivity (Wildman–Crippen MR) is 48.9 cm³/mol. The standard InChI is InChI=1S/C6H12Br2O2/c1-5(8)6(4-7,9-2)10-3/h5H,4H2,1-3H3. The van der Waals surface area contributed by atoms with E-state index in [9.17, 15) is 0 Å². The molecule has 0 N–H and O–H groups in total. The van der Waals surface area contributed by atoms with Crippen LogP contribution in [-0.2, 0) is 9.47 Å². The van der Waals surface area contributed by atoms with Crippen LogP contribution < -0.4 is 0 Å². The lowest BCUT2D eigenvalue weighted by Crippen LogP contribution is -2.43. The molecule has 10 heavy (non-hydrogen) atoms. The van der Waals surface area contributed by atoms with E-state index < -0.39 is 5.79 Å². The van der Waals surface area contributed by atoms with Gasteiger partial charge in [0.05, 0.1) is 10.2 Å². The Balaban J connectivity index is 4.15. The fraction of sp³-hybridized carbons (Fsp3) is 1.00. The third kappa shape index (κ3) is 2.19. The van der Waals surface area contributed by atoms with Crippen LogP contribution in [0.15, 0.2) is 0 Å². The molecular weight excluding hydrogens is 264 g/mol. The van der Waals surface area contributed by atoms with Gasteiger partial charge >= 0.3 is 0 Å². The molecular formula is C6H12Br2O2. The molecule has 62 valence electrons. The zero-order valence-electron chi connectivity index (χ0n) is 6.36. The van der Waals surface area contributed by atoms with Gasteiger partial charge in [-0.15, -0.1) is 0 Å². The third-order valence-corrected chi connectivity index (χ3v) is 2.96. The Bertz CT molecular complexity index is 83.5. The van der Waals surface area contributed by atoms with E-state index in [1.807, 2.05) is 6.92 Å². The van der Waals surface area contributed by atoms with Gasteiger partial charge in [-0.3, -0.25) is 0 Å². The highest BCUT2D eigenvalue weighted by Gasteiger charge is 2.33. The van der Waals surface area contributed by atoms with E-state index >= 15 is 0 Å². The van der Waals surface area contributed by atoms with Crippen LogP contribution in [0.5, 0.6) is 0 Å². The molecule has 0 aromatic carbocycles. The number of alkyl halides is 2. The average molecular weight is 276 g/mol. The van der Waals surface area contributed by atoms with Gasteiger partial charge in [0.25, 0.3) is 0 Å². The molecule has 0 heterocycles. The maximum absolute atomic E-state index is 5.18. The highest BCUT2D eigenvalue weighted by atomic mass is 79.9. The van der Waals surface area contributed by atoms with Gasteiger partial charge in [-0.2, -0.15) is 0 Å². The fourth-order valence-corrected chi connectivity index (χ4v) is 2.54. The largest absolute Gasteiger partial charge is 0.351 e. The number of rotatable bonds is 4. The maximum atomic E-state index is 5.18. The Morgan fingerprint density at radius 2 is 1.80 bits per heavy atom. The van der Waals surface area contributed by atoms with Crippen LogP contribution in [0.1, 0.15) is 6.92 Å². The Labute approximate surface area is 78.5 Å². The normalized spacial score (nSPS) is 15.3. The van der Waals surface area contributed by atoms with Crippen LogP contribution in [0.2, 0.25) is 0 Å². The molecule has 0 aliphatic heterocycles. The van der Waals surface area contributed by atoms with E-state index in [-0.39, 0.29) is 4.83 Å². The molecule has 0 rings (SSSR count). The molecule has 0 amide bonds. The number of hydrogen-bond acceptors (Lipinski definition) is 2. The predicted octanol–water partition coefficient (Wildman–Crippen LogP) is 2.15. The van der Waals surface area contributed by atoms with Crippen molar-refractivity contribution in [2.24, 2.45) is 0 Å². The molecule has 0 saturated carbocycles. The molecule has 1 atom stereocenters. The van der Waals surface area contributed by atoms with Gasteiger partial charge in [-0.05, 0) is 6.92 Å². The lowest BCUT2D eigenvalue weighted by atomic mass is 10.2. The summed E-state index contributed by atoms with van der Waals surface area (Å²) in [5.41, 5.74) is 0. The summed E-state index contributed by atoms with van der Waals surface area (Å²) in [5.74, 6) is -0.542. The van der Waals surface area contributed by atoms with Crippen LogP contribution in [-0.4, -0.2) is 30.2 Å². The number of methoxy groups -OCH3 is 2. The van der Waals surface area contributed by atoms with E-state index in [1.54, 1.807) is 14.2 Å². The van der Waals surface area contributed by atoms with E-state index in [2.05, 4.69) is 31.9 Å². The van der Waals surface area contributed by atoms with Crippen molar-refractivity contribution in [1.82, 2.24) is 0 Å². The van der Waals surface area contributed by atoms with Crippen molar-refractivity contribution in [2.45, 2.75) is 17.5 Å². The number of halogens is 2. The quantitative estimate of drug-likeness (QED) is 0.578. The van der Waals surface area contributed by atoms with Gasteiger partial charge in [0.15, 0.2) is 5.79 Å². The van der Waals surface area contributed by atoms with Gasteiger partial charge in [0.1, 0.15) is 0 Å². The minimum Gasteiger partial charge on any atom is -0.351 e. The highest BCUT2D eigenvalue weighted by molar-refractivity contribution is 9.10. The maximum Gasteiger partial charge on any atom is 0.189 e. The first-order chi connectivity index (χ1) is 4.63. The number of ether oxygens (including phenoxy) is 2. The van der Waals surface area contributed by atoms with Crippen LogP contribution in [0.25, 0.3) is 0 Å². The van der Waals surface area contributed by atoms with E-state index in [4.69, 9.17) is 9.47 Å². The minimum absolute atomic E-state index is 0.161. The summed E-state index contributed by atoms with van der Waals surface area (Å²) in [7, 11) is 3.26. The van der Waals surface area contributed by atoms with Crippen molar-refractivity contribution in [1.29, 1.82) is 0 Å². The second-order valence-electron chi connectivity index (χ2n) is 1.97. The SMILES string of the molecule is COC(CBr)(OC)C(C)Br. The summed E-state index contributed by atoms with van der Waals surface area (Å²) in [5, 5.41) is 0.652. The minimum atomic E-state index is -0.542. The summed E-state index contributed by atoms with van der Waals surface area (Å²) in [6.07, 6.45) is 0. The Hall–Kier alpha value is 0.880. The van der Waals surface area contributed by atoms with Crippen molar-refractivity contribution >= 4 is 31.9 Å². The van der Waals surface area contributed by atoms with Crippen molar-refractivity contribution in [2.75, 3.05) is 19.5 Å². The molecule has 0 aliphatic carbocycles. The third-order valence-electron chi connectivity index (χ3n) is 1.48. The molecule has 0 bridgehead atoms. The Morgan fingerprint density at radius 1 is 1.40 bits per heavy atom. The summed E-state index contributed by atoms with van der Waals surface area (Å²) < 4.78 is 10.4. The van der Waals surface area contributed by atoms with Crippen molar-refractivity contribution in [3.05, 3.63) is 0 Å². The summed E-state index contributed by atoms with van der Waals surface area (Å²) in [6, 6.07) is 0. The van der Waals surface area contributed by atoms with Gasteiger partial charge in [0, 0.05) is 14.2 Å². The van der Waals surface area contributed by atoms with Crippen LogP contribution >= 0.6 is 31.9 Å². The first-order valence-electron chi connectivity index (χ1n) is 2.93. The monoisotopic (exact) mass is 274 g/mol. The van der Waals surface area contributed by atoms with Gasteiger partial charge in [-0.25, -0.2) is 0 Å². The molecule has 2 nitrogen and oxygen atoms in total. The summed E-state index contributed by atoms with van der Waals surface area (Å²) in [6.45, 7) is 1.98. The molecule has 1 unspecified atom stereocenters. The van der Waals surface area contributed by atoms with Crippen molar-refractivity contribution < 1.29 is 9.47 Å². The zero-order valence-corrected chi connectivity index (χ0v) is 9.53. The first kappa shape index (κ1) is 10.9. The van der Waals surface area contributed by atoms with E-state index in [1.165, 1.54) is 0 Å². The molecule has 0 spiro atoms. The molecule has 0 fully saturated rings. The second kappa shape index (κ2) is 4.70. The van der Waals surface area contributed by atoms with Gasteiger partial charge in [0.2, 0.25) is 0 Å². The fourth-order valence-electron chi connectivity index (χ4n) is 0.624. The van der Waals surface area contributed by atoms with E-state index in [0.717, 1.165) is 0 Å². The van der Waals surface area contributed by atoms with Crippen LogP contribution in [0.3, 0.4) is 0 Å². The lowest BCUT2D eigenvalue weighted by molar-refractivity contribution is -0.184. The first-order valence-corrected chi connectivity index (χ1v) is 4.97. The smallest absolute Gasteiger partial charge is 0.189 e. The van der Waals surface area contributed by atoms with Crippen molar-refractivity contribution in [3.63, 3.8) is 0 Å².